The molecule has 2 rings (SSSR count). The number of nitrogens with one attached hydrogen (secondary N) is 1. The minimum absolute atomic E-state index is 0.780. The lowest BCUT2D eigenvalue weighted by Crippen LogP contribution is -2.28. The molecule has 0 saturated heterocycles. The van der Waals surface area contributed by atoms with Gasteiger partial charge < -0.3 is 15.1 Å². The summed E-state index contributed by atoms with van der Waals surface area (Å²) in [6, 6.07) is 7.61. The second kappa shape index (κ2) is 6.40. The van der Waals surface area contributed by atoms with Crippen LogP contribution in [0.25, 0.3) is 0 Å². The summed E-state index contributed by atoms with van der Waals surface area (Å²) in [5.74, 6) is 0. The highest BCUT2D eigenvalue weighted by Gasteiger charge is 2.19. The Kier molecular flexibility index (Phi) is 4.83. The van der Waals surface area contributed by atoms with Gasteiger partial charge in [-0.2, -0.15) is 0 Å². The molecule has 0 radical (unpaired) electrons. The Labute approximate surface area is 117 Å². The van der Waals surface area contributed by atoms with Crippen molar-refractivity contribution < 1.29 is 0 Å². The minimum atomic E-state index is 0.780. The van der Waals surface area contributed by atoms with Gasteiger partial charge in [0.25, 0.3) is 0 Å². The van der Waals surface area contributed by atoms with Gasteiger partial charge in [-0.25, -0.2) is 0 Å². The normalized spacial score (nSPS) is 15.0. The zero-order chi connectivity index (χ0) is 13.8. The van der Waals surface area contributed by atoms with E-state index in [2.05, 4.69) is 61.4 Å². The van der Waals surface area contributed by atoms with Gasteiger partial charge in [0.2, 0.25) is 0 Å². The van der Waals surface area contributed by atoms with E-state index in [1.807, 2.05) is 0 Å². The van der Waals surface area contributed by atoms with Crippen LogP contribution >= 0.6 is 0 Å². The van der Waals surface area contributed by atoms with E-state index in [-0.39, 0.29) is 0 Å². The smallest absolute Gasteiger partial charge is 0.0393 e. The second-order valence-electron chi connectivity index (χ2n) is 6.00. The molecule has 0 heterocycles. The number of hydrogen-bond acceptors (Lipinski definition) is 3. The molecule has 19 heavy (non-hydrogen) atoms. The van der Waals surface area contributed by atoms with Crippen molar-refractivity contribution in [2.75, 3.05) is 39.1 Å². The molecule has 106 valence electrons. The van der Waals surface area contributed by atoms with Gasteiger partial charge in [0.15, 0.2) is 0 Å². The first kappa shape index (κ1) is 14.4. The topological polar surface area (TPSA) is 18.5 Å². The highest BCUT2D eigenvalue weighted by atomic mass is 15.2. The van der Waals surface area contributed by atoms with Gasteiger partial charge in [0.05, 0.1) is 0 Å². The molecule has 0 aromatic heterocycles. The Balaban J connectivity index is 1.92. The third-order valence-electron chi connectivity index (χ3n) is 3.73. The van der Waals surface area contributed by atoms with Crippen LogP contribution in [0.4, 0.5) is 5.69 Å². The molecular formula is C16H27N3. The molecule has 3 heteroatoms. The van der Waals surface area contributed by atoms with Gasteiger partial charge in [0.1, 0.15) is 0 Å². The summed E-state index contributed by atoms with van der Waals surface area (Å²) in [6.07, 6.45) is 2.70. The van der Waals surface area contributed by atoms with Gasteiger partial charge in [-0.3, -0.25) is 0 Å². The quantitative estimate of drug-likeness (QED) is 0.812. The van der Waals surface area contributed by atoms with Crippen LogP contribution in [0.2, 0.25) is 0 Å². The summed E-state index contributed by atoms with van der Waals surface area (Å²) < 4.78 is 0. The van der Waals surface area contributed by atoms with E-state index in [1.165, 1.54) is 29.7 Å². The average Bonchev–Trinajstić information content (AvgIpc) is 3.17. The van der Waals surface area contributed by atoms with Crippen molar-refractivity contribution in [1.82, 2.24) is 10.2 Å². The molecule has 1 aliphatic carbocycles. The van der Waals surface area contributed by atoms with Crippen LogP contribution in [-0.2, 0) is 6.54 Å². The third kappa shape index (κ3) is 4.51. The van der Waals surface area contributed by atoms with E-state index < -0.39 is 0 Å². The van der Waals surface area contributed by atoms with E-state index in [1.54, 1.807) is 0 Å². The number of aryl methyl sites for hydroxylation is 1. The van der Waals surface area contributed by atoms with E-state index in [0.717, 1.165) is 25.7 Å². The molecule has 1 saturated carbocycles. The summed E-state index contributed by atoms with van der Waals surface area (Å²) >= 11 is 0. The van der Waals surface area contributed by atoms with Crippen molar-refractivity contribution in [3.8, 4) is 0 Å². The lowest BCUT2D eigenvalue weighted by molar-refractivity contribution is 0.416. The molecule has 1 aromatic rings. The molecule has 0 unspecified atom stereocenters. The molecule has 0 amide bonds. The molecule has 0 atom stereocenters. The largest absolute Gasteiger partial charge is 0.373 e. The van der Waals surface area contributed by atoms with Crippen molar-refractivity contribution in [3.63, 3.8) is 0 Å². The molecule has 1 fully saturated rings. The van der Waals surface area contributed by atoms with Gasteiger partial charge in [-0.15, -0.1) is 0 Å². The van der Waals surface area contributed by atoms with Crippen LogP contribution in [0.1, 0.15) is 24.0 Å². The number of benzene rings is 1. The van der Waals surface area contributed by atoms with Gasteiger partial charge in [-0.05, 0) is 51.1 Å². The fourth-order valence-corrected chi connectivity index (χ4v) is 2.28. The van der Waals surface area contributed by atoms with Crippen LogP contribution in [0, 0.1) is 6.92 Å². The van der Waals surface area contributed by atoms with E-state index in [9.17, 15) is 0 Å². The molecule has 0 spiro atoms. The van der Waals surface area contributed by atoms with Crippen molar-refractivity contribution in [1.29, 1.82) is 0 Å². The van der Waals surface area contributed by atoms with Crippen LogP contribution in [0.3, 0.4) is 0 Å². The number of rotatable bonds is 7. The average molecular weight is 261 g/mol. The zero-order valence-corrected chi connectivity index (χ0v) is 12.7. The van der Waals surface area contributed by atoms with Crippen molar-refractivity contribution >= 4 is 5.69 Å². The summed E-state index contributed by atoms with van der Waals surface area (Å²) in [7, 11) is 6.41. The van der Waals surface area contributed by atoms with E-state index >= 15 is 0 Å². The third-order valence-corrected chi connectivity index (χ3v) is 3.73. The molecule has 0 aliphatic heterocycles. The van der Waals surface area contributed by atoms with Crippen LogP contribution in [0.15, 0.2) is 18.2 Å². The SMILES string of the molecule is Cc1cc(CNC2CC2)ccc1N(C)CCN(C)C. The maximum atomic E-state index is 3.57. The standard InChI is InChI=1S/C16H27N3/c1-13-11-14(12-17-15-6-7-15)5-8-16(13)19(4)10-9-18(2)3/h5,8,11,15,17H,6-7,9-10,12H2,1-4H3. The Bertz CT molecular complexity index is 410. The number of anilines is 1. The lowest BCUT2D eigenvalue weighted by atomic mass is 10.1. The molecular weight excluding hydrogens is 234 g/mol. The first-order valence-corrected chi connectivity index (χ1v) is 7.25. The summed E-state index contributed by atoms with van der Waals surface area (Å²) in [5.41, 5.74) is 4.11. The van der Waals surface area contributed by atoms with Crippen LogP contribution in [0.5, 0.6) is 0 Å². The predicted molar refractivity (Wildman–Crippen MR) is 82.9 cm³/mol. The molecule has 0 bridgehead atoms. The first-order chi connectivity index (χ1) is 9.06. The van der Waals surface area contributed by atoms with E-state index in [0.29, 0.717) is 0 Å². The lowest BCUT2D eigenvalue weighted by Gasteiger charge is -2.23. The van der Waals surface area contributed by atoms with Gasteiger partial charge in [-0.1, -0.05) is 12.1 Å². The maximum Gasteiger partial charge on any atom is 0.0393 e. The van der Waals surface area contributed by atoms with Crippen LogP contribution < -0.4 is 10.2 Å². The van der Waals surface area contributed by atoms with Crippen LogP contribution in [-0.4, -0.2) is 45.2 Å². The second-order valence-corrected chi connectivity index (χ2v) is 6.00. The van der Waals surface area contributed by atoms with Gasteiger partial charge in [0, 0.05) is 38.4 Å². The number of nitrogens with zero attached hydrogens (tertiary/aromatic N) is 2. The zero-order valence-electron chi connectivity index (χ0n) is 12.7. The predicted octanol–water partition coefficient (Wildman–Crippen LogP) is 2.24. The first-order valence-electron chi connectivity index (χ1n) is 7.25. The maximum absolute atomic E-state index is 3.57. The Morgan fingerprint density at radius 1 is 1.16 bits per heavy atom. The fourth-order valence-electron chi connectivity index (χ4n) is 2.28. The summed E-state index contributed by atoms with van der Waals surface area (Å²) in [5, 5.41) is 3.57. The summed E-state index contributed by atoms with van der Waals surface area (Å²) in [4.78, 5) is 4.56. The summed E-state index contributed by atoms with van der Waals surface area (Å²) in [6.45, 7) is 5.36. The van der Waals surface area contributed by atoms with Gasteiger partial charge >= 0.3 is 0 Å². The van der Waals surface area contributed by atoms with Crippen molar-refractivity contribution in [2.45, 2.75) is 32.4 Å². The number of likely N-dealkylation sites (N-methyl/N-ethyl adjacent to an activating group) is 2. The Hall–Kier alpha value is -1.06. The number of hydrogen-bond donors (Lipinski definition) is 1. The highest BCUT2D eigenvalue weighted by Crippen LogP contribution is 2.22. The Morgan fingerprint density at radius 3 is 2.47 bits per heavy atom. The molecule has 1 aromatic carbocycles. The van der Waals surface area contributed by atoms with Crippen molar-refractivity contribution in [2.24, 2.45) is 0 Å². The molecule has 1 aliphatic rings. The van der Waals surface area contributed by atoms with E-state index in [4.69, 9.17) is 0 Å². The molecule has 3 nitrogen and oxygen atoms in total. The Morgan fingerprint density at radius 2 is 1.89 bits per heavy atom. The highest BCUT2D eigenvalue weighted by molar-refractivity contribution is 5.53. The minimum Gasteiger partial charge on any atom is -0.373 e. The fraction of sp³-hybridized carbons (Fsp3) is 0.625. The monoisotopic (exact) mass is 261 g/mol. The van der Waals surface area contributed by atoms with Crippen molar-refractivity contribution in [3.05, 3.63) is 29.3 Å². The molecule has 1 N–H and O–H groups in total.